The largest absolute Gasteiger partial charge is 0.481 e. The molecule has 39 heavy (non-hydrogen) atoms. The van der Waals surface area contributed by atoms with Gasteiger partial charge in [0.1, 0.15) is 11.4 Å². The molecule has 0 atom stereocenters. The zero-order valence-corrected chi connectivity index (χ0v) is 24.9. The first-order chi connectivity index (χ1) is 18.5. The molecule has 0 aromatic heterocycles. The van der Waals surface area contributed by atoms with Crippen molar-refractivity contribution in [3.8, 4) is 5.75 Å². The third-order valence-electron chi connectivity index (χ3n) is 6.78. The third-order valence-corrected chi connectivity index (χ3v) is 8.97. The second-order valence-electron chi connectivity index (χ2n) is 11.4. The second kappa shape index (κ2) is 11.7. The maximum absolute atomic E-state index is 12.9. The molecular weight excluding hydrogens is 500 g/mol. The number of aryl methyl sites for hydroxylation is 2. The highest BCUT2D eigenvalue weighted by Crippen LogP contribution is 2.35. The van der Waals surface area contributed by atoms with Gasteiger partial charge in [0, 0.05) is 12.1 Å². The van der Waals surface area contributed by atoms with Crippen molar-refractivity contribution in [2.75, 3.05) is 6.61 Å². The summed E-state index contributed by atoms with van der Waals surface area (Å²) in [5.41, 5.74) is 3.51. The Labute approximate surface area is 236 Å². The molecule has 0 saturated carbocycles. The van der Waals surface area contributed by atoms with E-state index in [-0.39, 0.29) is 22.9 Å². The number of esters is 1. The molecule has 4 rings (SSSR count). The Kier molecular flexibility index (Phi) is 8.56. The fourth-order valence-corrected chi connectivity index (χ4v) is 6.92. The fraction of sp³-hybridized carbons (Fsp3) is 0.286. The van der Waals surface area contributed by atoms with Gasteiger partial charge in [0.25, 0.3) is 0 Å². The predicted octanol–water partition coefficient (Wildman–Crippen LogP) is 8.55. The summed E-state index contributed by atoms with van der Waals surface area (Å²) in [6, 6.07) is 33.8. The van der Waals surface area contributed by atoms with E-state index in [9.17, 15) is 4.79 Å². The van der Waals surface area contributed by atoms with Gasteiger partial charge in [-0.3, -0.25) is 0 Å². The molecule has 0 fully saturated rings. The van der Waals surface area contributed by atoms with Crippen LogP contribution in [0, 0.1) is 13.8 Å². The number of rotatable bonds is 8. The van der Waals surface area contributed by atoms with Crippen LogP contribution in [0.4, 0.5) is 0 Å². The highest BCUT2D eigenvalue weighted by molar-refractivity contribution is 7.97. The molecule has 0 amide bonds. The number of benzene rings is 4. The first kappa shape index (κ1) is 28.5. The van der Waals surface area contributed by atoms with Gasteiger partial charge in [-0.25, -0.2) is 4.79 Å². The predicted molar refractivity (Wildman–Crippen MR) is 161 cm³/mol. The first-order valence-electron chi connectivity index (χ1n) is 13.4. The molecule has 0 N–H and O–H groups in total. The Morgan fingerprint density at radius 1 is 0.667 bits per heavy atom. The maximum Gasteiger partial charge on any atom is 0.345 e. The van der Waals surface area contributed by atoms with E-state index in [1.54, 1.807) is 0 Å². The summed E-state index contributed by atoms with van der Waals surface area (Å²) < 4.78 is 11.9. The van der Waals surface area contributed by atoms with Gasteiger partial charge in [0.15, 0.2) is 21.3 Å². The lowest BCUT2D eigenvalue weighted by Crippen LogP contribution is -2.29. The first-order valence-corrected chi connectivity index (χ1v) is 14.6. The van der Waals surface area contributed by atoms with E-state index < -0.39 is 11.6 Å². The molecule has 4 aromatic carbocycles. The minimum absolute atomic E-state index is 0.0706. The molecule has 4 heteroatoms. The summed E-state index contributed by atoms with van der Waals surface area (Å²) in [4.78, 5) is 16.6. The zero-order chi connectivity index (χ0) is 28.2. The van der Waals surface area contributed by atoms with Crippen molar-refractivity contribution >= 4 is 16.9 Å². The van der Waals surface area contributed by atoms with E-state index in [1.807, 2.05) is 52.0 Å². The summed E-state index contributed by atoms with van der Waals surface area (Å²) >= 11 is 0. The van der Waals surface area contributed by atoms with E-state index in [4.69, 9.17) is 9.47 Å². The Morgan fingerprint density at radius 2 is 1.13 bits per heavy atom. The number of carbonyl (C=O) groups is 1. The SMILES string of the molecule is Cc1cc([S+](c2ccccc2)c2ccccc2)cc(C)c1OCC(=O)OC(C)(C)c1ccc(C(C)(C)C)cc1. The van der Waals surface area contributed by atoms with Crippen molar-refractivity contribution < 1.29 is 14.3 Å². The maximum atomic E-state index is 12.9. The van der Waals surface area contributed by atoms with Crippen LogP contribution in [0.5, 0.6) is 5.75 Å². The molecule has 0 bridgehead atoms. The highest BCUT2D eigenvalue weighted by Gasteiger charge is 2.30. The lowest BCUT2D eigenvalue weighted by molar-refractivity contribution is -0.159. The Bertz CT molecular complexity index is 1340. The number of hydrogen-bond donors (Lipinski definition) is 0. The van der Waals surface area contributed by atoms with Crippen LogP contribution in [-0.2, 0) is 31.4 Å². The quantitative estimate of drug-likeness (QED) is 0.166. The van der Waals surface area contributed by atoms with E-state index in [2.05, 4.69) is 93.6 Å². The van der Waals surface area contributed by atoms with Crippen LogP contribution in [-0.4, -0.2) is 12.6 Å². The number of carbonyl (C=O) groups excluding carboxylic acids is 1. The molecule has 0 heterocycles. The zero-order valence-electron chi connectivity index (χ0n) is 24.1. The molecule has 0 aliphatic rings. The standard InChI is InChI=1S/C35H39O3S/c1-25-22-31(39(29-14-10-8-11-15-29)30-16-12-9-13-17-30)23-26(2)33(25)37-24-32(36)38-35(6,7)28-20-18-27(19-21-28)34(3,4)5/h8-23H,24H2,1-7H3/q+1. The van der Waals surface area contributed by atoms with Crippen molar-refractivity contribution in [1.29, 1.82) is 0 Å². The number of hydrogen-bond acceptors (Lipinski definition) is 3. The van der Waals surface area contributed by atoms with Crippen molar-refractivity contribution in [1.82, 2.24) is 0 Å². The minimum Gasteiger partial charge on any atom is -0.481 e. The molecule has 0 aliphatic carbocycles. The molecule has 0 spiro atoms. The van der Waals surface area contributed by atoms with Gasteiger partial charge in [-0.15, -0.1) is 0 Å². The van der Waals surface area contributed by atoms with Crippen LogP contribution >= 0.6 is 0 Å². The normalized spacial score (nSPS) is 11.9. The third kappa shape index (κ3) is 6.93. The van der Waals surface area contributed by atoms with Crippen molar-refractivity contribution in [2.45, 2.75) is 74.2 Å². The topological polar surface area (TPSA) is 35.5 Å². The Balaban J connectivity index is 1.49. The lowest BCUT2D eigenvalue weighted by Gasteiger charge is -2.27. The van der Waals surface area contributed by atoms with Gasteiger partial charge in [0.2, 0.25) is 0 Å². The molecule has 4 aromatic rings. The van der Waals surface area contributed by atoms with Gasteiger partial charge >= 0.3 is 5.97 Å². The summed E-state index contributed by atoms with van der Waals surface area (Å²) in [6.45, 7) is 14.3. The lowest BCUT2D eigenvalue weighted by atomic mass is 9.85. The van der Waals surface area contributed by atoms with E-state index in [0.717, 1.165) is 22.4 Å². The summed E-state index contributed by atoms with van der Waals surface area (Å²) in [6.07, 6.45) is 0. The van der Waals surface area contributed by atoms with Gasteiger partial charge in [0.05, 0.1) is 10.9 Å². The van der Waals surface area contributed by atoms with Gasteiger partial charge in [-0.05, 0) is 79.6 Å². The van der Waals surface area contributed by atoms with Crippen LogP contribution in [0.25, 0.3) is 0 Å². The van der Waals surface area contributed by atoms with Crippen LogP contribution in [0.1, 0.15) is 56.9 Å². The average Bonchev–Trinajstić information content (AvgIpc) is 2.89. The molecule has 0 saturated heterocycles. The highest BCUT2D eigenvalue weighted by atomic mass is 32.2. The molecule has 3 nitrogen and oxygen atoms in total. The van der Waals surface area contributed by atoms with Gasteiger partial charge in [-0.1, -0.05) is 81.4 Å². The molecular formula is C35H39O3S+. The van der Waals surface area contributed by atoms with E-state index in [0.29, 0.717) is 0 Å². The monoisotopic (exact) mass is 539 g/mol. The summed E-state index contributed by atoms with van der Waals surface area (Å²) in [5.74, 6) is 0.337. The van der Waals surface area contributed by atoms with Gasteiger partial charge < -0.3 is 9.47 Å². The van der Waals surface area contributed by atoms with E-state index >= 15 is 0 Å². The van der Waals surface area contributed by atoms with Crippen LogP contribution < -0.4 is 4.74 Å². The minimum atomic E-state index is -0.759. The fourth-order valence-electron chi connectivity index (χ4n) is 4.65. The Hall–Kier alpha value is -3.50. The summed E-state index contributed by atoms with van der Waals surface area (Å²) in [7, 11) is -0.246. The van der Waals surface area contributed by atoms with E-state index in [1.165, 1.54) is 20.2 Å². The van der Waals surface area contributed by atoms with Crippen molar-refractivity contribution in [2.24, 2.45) is 0 Å². The molecule has 0 aliphatic heterocycles. The van der Waals surface area contributed by atoms with Crippen molar-refractivity contribution in [3.63, 3.8) is 0 Å². The molecule has 0 unspecified atom stereocenters. The Morgan fingerprint density at radius 3 is 1.59 bits per heavy atom. The number of ether oxygens (including phenoxy) is 2. The summed E-state index contributed by atoms with van der Waals surface area (Å²) in [5, 5.41) is 0. The van der Waals surface area contributed by atoms with Crippen LogP contribution in [0.15, 0.2) is 112 Å². The molecule has 0 radical (unpaired) electrons. The van der Waals surface area contributed by atoms with Crippen LogP contribution in [0.2, 0.25) is 0 Å². The smallest absolute Gasteiger partial charge is 0.345 e. The second-order valence-corrected chi connectivity index (χ2v) is 13.4. The average molecular weight is 540 g/mol. The van der Waals surface area contributed by atoms with Gasteiger partial charge in [-0.2, -0.15) is 0 Å². The van der Waals surface area contributed by atoms with Crippen LogP contribution in [0.3, 0.4) is 0 Å². The van der Waals surface area contributed by atoms with Crippen molar-refractivity contribution in [3.05, 3.63) is 119 Å². The molecule has 202 valence electrons.